The van der Waals surface area contributed by atoms with Crippen molar-refractivity contribution in [2.24, 2.45) is 5.92 Å². The summed E-state index contributed by atoms with van der Waals surface area (Å²) in [5, 5.41) is 4.34. The van der Waals surface area contributed by atoms with Gasteiger partial charge in [0.15, 0.2) is 5.78 Å². The Labute approximate surface area is 111 Å². The Bertz CT molecular complexity index is 416. The molecule has 0 atom stereocenters. The quantitative estimate of drug-likeness (QED) is 0.862. The largest absolute Gasteiger partial charge is 0.310 e. The fourth-order valence-corrected chi connectivity index (χ4v) is 2.15. The van der Waals surface area contributed by atoms with Crippen LogP contribution in [0.25, 0.3) is 0 Å². The first-order valence-corrected chi connectivity index (χ1v) is 6.57. The molecule has 1 aromatic carbocycles. The molecule has 0 aliphatic heterocycles. The van der Waals surface area contributed by atoms with E-state index in [9.17, 15) is 4.79 Å². The lowest BCUT2D eigenvalue weighted by atomic mass is 10.1. The van der Waals surface area contributed by atoms with E-state index < -0.39 is 0 Å². The molecule has 0 bridgehead atoms. The second kappa shape index (κ2) is 5.85. The van der Waals surface area contributed by atoms with Gasteiger partial charge in [-0.25, -0.2) is 0 Å². The fraction of sp³-hybridized carbons (Fsp3) is 0.462. The highest BCUT2D eigenvalue weighted by molar-refractivity contribution is 6.35. The summed E-state index contributed by atoms with van der Waals surface area (Å²) >= 11 is 11.8. The van der Waals surface area contributed by atoms with E-state index in [0.717, 1.165) is 18.0 Å². The van der Waals surface area contributed by atoms with E-state index >= 15 is 0 Å². The number of rotatable bonds is 6. The third-order valence-corrected chi connectivity index (χ3v) is 3.44. The predicted octanol–water partition coefficient (Wildman–Crippen LogP) is 3.10. The fourth-order valence-electron chi connectivity index (χ4n) is 1.68. The molecule has 2 rings (SSSR count). The number of hydrogen-bond acceptors (Lipinski definition) is 2. The van der Waals surface area contributed by atoms with Crippen LogP contribution in [0.15, 0.2) is 18.2 Å². The summed E-state index contributed by atoms with van der Waals surface area (Å²) in [5.74, 6) is 0.955. The van der Waals surface area contributed by atoms with Crippen molar-refractivity contribution in [1.82, 2.24) is 5.32 Å². The molecule has 0 saturated heterocycles. The minimum atomic E-state index is 0.162. The normalized spacial score (nSPS) is 14.9. The van der Waals surface area contributed by atoms with Crippen LogP contribution in [0, 0.1) is 5.92 Å². The van der Waals surface area contributed by atoms with Gasteiger partial charge in [-0.05, 0) is 43.0 Å². The Hall–Kier alpha value is -0.570. The van der Waals surface area contributed by atoms with Crippen molar-refractivity contribution in [3.8, 4) is 0 Å². The molecule has 1 fully saturated rings. The number of carbonyl (C=O) groups excluding carboxylic acids is 1. The third kappa shape index (κ3) is 4.30. The SMILES string of the molecule is O=C(CNCC1CC1)Cc1ccc(Cl)cc1Cl. The maximum Gasteiger partial charge on any atom is 0.151 e. The topological polar surface area (TPSA) is 29.1 Å². The second-order valence-electron chi connectivity index (χ2n) is 4.53. The first-order valence-electron chi connectivity index (χ1n) is 5.81. The lowest BCUT2D eigenvalue weighted by Crippen LogP contribution is -2.26. The molecule has 0 heterocycles. The Morgan fingerprint density at radius 1 is 1.35 bits per heavy atom. The molecule has 4 heteroatoms. The number of hydrogen-bond donors (Lipinski definition) is 1. The van der Waals surface area contributed by atoms with Gasteiger partial charge in [0.1, 0.15) is 0 Å². The number of nitrogens with one attached hydrogen (secondary N) is 1. The van der Waals surface area contributed by atoms with E-state index in [-0.39, 0.29) is 5.78 Å². The Morgan fingerprint density at radius 3 is 2.76 bits per heavy atom. The summed E-state index contributed by atoms with van der Waals surface area (Å²) in [7, 11) is 0. The average Bonchev–Trinajstić information content (AvgIpc) is 3.06. The van der Waals surface area contributed by atoms with E-state index in [0.29, 0.717) is 23.0 Å². The summed E-state index contributed by atoms with van der Waals surface area (Å²) in [6, 6.07) is 5.24. The zero-order valence-corrected chi connectivity index (χ0v) is 11.0. The molecule has 1 aromatic rings. The van der Waals surface area contributed by atoms with Gasteiger partial charge in [0.05, 0.1) is 6.54 Å². The number of carbonyl (C=O) groups is 1. The predicted molar refractivity (Wildman–Crippen MR) is 70.8 cm³/mol. The van der Waals surface area contributed by atoms with Crippen LogP contribution in [-0.2, 0) is 11.2 Å². The van der Waals surface area contributed by atoms with Crippen molar-refractivity contribution in [3.63, 3.8) is 0 Å². The number of Topliss-reactive ketones (excluding diaryl/α,β-unsaturated/α-hetero) is 1. The Morgan fingerprint density at radius 2 is 2.12 bits per heavy atom. The van der Waals surface area contributed by atoms with E-state index in [4.69, 9.17) is 23.2 Å². The first-order chi connectivity index (χ1) is 8.15. The molecule has 1 saturated carbocycles. The molecule has 2 nitrogen and oxygen atoms in total. The van der Waals surface area contributed by atoms with Crippen LogP contribution in [-0.4, -0.2) is 18.9 Å². The van der Waals surface area contributed by atoms with Crippen molar-refractivity contribution >= 4 is 29.0 Å². The van der Waals surface area contributed by atoms with Crippen molar-refractivity contribution in [2.45, 2.75) is 19.3 Å². The monoisotopic (exact) mass is 271 g/mol. The summed E-state index contributed by atoms with van der Waals surface area (Å²) in [6.07, 6.45) is 2.96. The lowest BCUT2D eigenvalue weighted by Gasteiger charge is -2.05. The van der Waals surface area contributed by atoms with E-state index in [2.05, 4.69) is 5.32 Å². The number of ketones is 1. The van der Waals surface area contributed by atoms with Crippen LogP contribution in [0.1, 0.15) is 18.4 Å². The van der Waals surface area contributed by atoms with Gasteiger partial charge in [-0.3, -0.25) is 4.79 Å². The Balaban J connectivity index is 1.79. The van der Waals surface area contributed by atoms with Gasteiger partial charge in [0.25, 0.3) is 0 Å². The van der Waals surface area contributed by atoms with Gasteiger partial charge in [-0.15, -0.1) is 0 Å². The highest BCUT2D eigenvalue weighted by atomic mass is 35.5. The number of halogens is 2. The molecular formula is C13H15Cl2NO. The maximum absolute atomic E-state index is 11.7. The minimum absolute atomic E-state index is 0.162. The highest BCUT2D eigenvalue weighted by Gasteiger charge is 2.20. The molecule has 0 spiro atoms. The van der Waals surface area contributed by atoms with Crippen molar-refractivity contribution in [3.05, 3.63) is 33.8 Å². The molecule has 1 aliphatic rings. The summed E-state index contributed by atoms with van der Waals surface area (Å²) in [5.41, 5.74) is 0.842. The molecule has 17 heavy (non-hydrogen) atoms. The Kier molecular flexibility index (Phi) is 4.43. The van der Waals surface area contributed by atoms with Crippen LogP contribution in [0.4, 0.5) is 0 Å². The lowest BCUT2D eigenvalue weighted by molar-refractivity contribution is -0.117. The van der Waals surface area contributed by atoms with Crippen molar-refractivity contribution in [2.75, 3.05) is 13.1 Å². The van der Waals surface area contributed by atoms with Crippen LogP contribution in [0.5, 0.6) is 0 Å². The summed E-state index contributed by atoms with van der Waals surface area (Å²) < 4.78 is 0. The molecule has 1 aliphatic carbocycles. The van der Waals surface area contributed by atoms with E-state index in [1.54, 1.807) is 12.1 Å². The maximum atomic E-state index is 11.7. The van der Waals surface area contributed by atoms with Crippen LogP contribution >= 0.6 is 23.2 Å². The molecular weight excluding hydrogens is 257 g/mol. The zero-order valence-electron chi connectivity index (χ0n) is 9.51. The summed E-state index contributed by atoms with van der Waals surface area (Å²) in [4.78, 5) is 11.7. The zero-order chi connectivity index (χ0) is 12.3. The van der Waals surface area contributed by atoms with Crippen molar-refractivity contribution < 1.29 is 4.79 Å². The van der Waals surface area contributed by atoms with Gasteiger partial charge >= 0.3 is 0 Å². The number of benzene rings is 1. The van der Waals surface area contributed by atoms with Gasteiger partial charge in [0, 0.05) is 16.5 Å². The van der Waals surface area contributed by atoms with Crippen LogP contribution in [0.3, 0.4) is 0 Å². The van der Waals surface area contributed by atoms with Crippen LogP contribution in [0.2, 0.25) is 10.0 Å². The van der Waals surface area contributed by atoms with Crippen molar-refractivity contribution in [1.29, 1.82) is 0 Å². The molecule has 0 unspecified atom stereocenters. The standard InChI is InChI=1S/C13H15Cl2NO/c14-11-4-3-10(13(15)6-11)5-12(17)8-16-7-9-1-2-9/h3-4,6,9,16H,1-2,5,7-8H2. The molecule has 0 aromatic heterocycles. The molecule has 92 valence electrons. The molecule has 0 amide bonds. The van der Waals surface area contributed by atoms with E-state index in [1.165, 1.54) is 12.8 Å². The van der Waals surface area contributed by atoms with Gasteiger partial charge in [-0.1, -0.05) is 29.3 Å². The second-order valence-corrected chi connectivity index (χ2v) is 5.37. The smallest absolute Gasteiger partial charge is 0.151 e. The molecule has 0 radical (unpaired) electrons. The third-order valence-electron chi connectivity index (χ3n) is 2.85. The average molecular weight is 272 g/mol. The van der Waals surface area contributed by atoms with Gasteiger partial charge < -0.3 is 5.32 Å². The van der Waals surface area contributed by atoms with Gasteiger partial charge in [0.2, 0.25) is 0 Å². The molecule has 1 N–H and O–H groups in total. The first kappa shape index (κ1) is 12.9. The minimum Gasteiger partial charge on any atom is -0.310 e. The highest BCUT2D eigenvalue weighted by Crippen LogP contribution is 2.27. The van der Waals surface area contributed by atoms with Gasteiger partial charge in [-0.2, -0.15) is 0 Å². The van der Waals surface area contributed by atoms with Crippen LogP contribution < -0.4 is 5.32 Å². The summed E-state index contributed by atoms with van der Waals surface area (Å²) in [6.45, 7) is 1.38. The van der Waals surface area contributed by atoms with E-state index in [1.807, 2.05) is 6.07 Å².